The van der Waals surface area contributed by atoms with Gasteiger partial charge < -0.3 is 5.11 Å². The molecule has 3 N–H and O–H groups in total. The Morgan fingerprint density at radius 3 is 3.00 bits per heavy atom. The fraction of sp³-hybridized carbons (Fsp3) is 0.200. The molecule has 1 aliphatic heterocycles. The third-order valence-electron chi connectivity index (χ3n) is 2.25. The highest BCUT2D eigenvalue weighted by Crippen LogP contribution is 2.27. The van der Waals surface area contributed by atoms with E-state index in [0.717, 1.165) is 11.3 Å². The molecule has 15 heavy (non-hydrogen) atoms. The van der Waals surface area contributed by atoms with E-state index in [1.807, 2.05) is 11.5 Å². The van der Waals surface area contributed by atoms with Gasteiger partial charge in [-0.15, -0.1) is 0 Å². The number of rotatable bonds is 2. The lowest BCUT2D eigenvalue weighted by Gasteiger charge is -2.00. The molecule has 5 heteroatoms. The molecule has 0 radical (unpaired) electrons. The molecular formula is C10H10N2O3. The van der Waals surface area contributed by atoms with Gasteiger partial charge in [-0.25, -0.2) is 4.99 Å². The minimum Gasteiger partial charge on any atom is -0.481 e. The first-order valence-electron chi connectivity index (χ1n) is 4.50. The number of nitrogens with zero attached hydrogens (tertiary/aromatic N) is 1. The van der Waals surface area contributed by atoms with Crippen molar-refractivity contribution in [2.24, 2.45) is 4.99 Å². The molecule has 0 saturated heterocycles. The highest BCUT2D eigenvalue weighted by atomic mass is 16.5. The second kappa shape index (κ2) is 3.70. The first-order valence-corrected chi connectivity index (χ1v) is 4.50. The number of amidine groups is 1. The summed E-state index contributed by atoms with van der Waals surface area (Å²) in [7, 11) is 0. The van der Waals surface area contributed by atoms with Crippen molar-refractivity contribution in [2.75, 3.05) is 0 Å². The van der Waals surface area contributed by atoms with Crippen molar-refractivity contribution in [3.05, 3.63) is 29.3 Å². The average molecular weight is 206 g/mol. The third kappa shape index (κ3) is 1.97. The number of carboxylic acids is 1. The number of carbonyl (C=O) groups is 1. The predicted octanol–water partition coefficient (Wildman–Crippen LogP) is 0.879. The SMILES string of the molecule is O=C(O)Cc1ccc2c(c1)N=C(NO)C2. The minimum atomic E-state index is -0.863. The largest absolute Gasteiger partial charge is 0.481 e. The highest BCUT2D eigenvalue weighted by molar-refractivity contribution is 5.91. The number of hydrogen-bond acceptors (Lipinski definition) is 4. The van der Waals surface area contributed by atoms with E-state index in [-0.39, 0.29) is 6.42 Å². The molecule has 0 spiro atoms. The number of aliphatic carboxylic acids is 1. The van der Waals surface area contributed by atoms with E-state index in [4.69, 9.17) is 10.3 Å². The molecule has 0 aliphatic carbocycles. The Hall–Kier alpha value is -1.88. The minimum absolute atomic E-state index is 0.00924. The van der Waals surface area contributed by atoms with Gasteiger partial charge in [0, 0.05) is 6.42 Å². The van der Waals surface area contributed by atoms with Gasteiger partial charge in [0.1, 0.15) is 5.84 Å². The van der Waals surface area contributed by atoms with Gasteiger partial charge in [-0.2, -0.15) is 0 Å². The van der Waals surface area contributed by atoms with Gasteiger partial charge in [0.05, 0.1) is 12.1 Å². The second-order valence-corrected chi connectivity index (χ2v) is 3.38. The van der Waals surface area contributed by atoms with Crippen LogP contribution in [0.2, 0.25) is 0 Å². The normalized spacial score (nSPS) is 13.3. The van der Waals surface area contributed by atoms with Crippen molar-refractivity contribution in [1.29, 1.82) is 0 Å². The lowest BCUT2D eigenvalue weighted by atomic mass is 10.1. The Bertz CT molecular complexity index is 440. The van der Waals surface area contributed by atoms with Crippen LogP contribution in [0.15, 0.2) is 23.2 Å². The molecule has 0 atom stereocenters. The molecule has 0 saturated carbocycles. The number of hydroxylamine groups is 1. The summed E-state index contributed by atoms with van der Waals surface area (Å²) in [5.74, 6) is -0.380. The Balaban J connectivity index is 2.27. The number of hydrogen-bond donors (Lipinski definition) is 3. The Kier molecular flexibility index (Phi) is 2.39. The van der Waals surface area contributed by atoms with Crippen LogP contribution in [0.1, 0.15) is 11.1 Å². The zero-order chi connectivity index (χ0) is 10.8. The molecule has 1 heterocycles. The predicted molar refractivity (Wildman–Crippen MR) is 53.5 cm³/mol. The molecule has 0 amide bonds. The number of fused-ring (bicyclic) bond motifs is 1. The van der Waals surface area contributed by atoms with Crippen LogP contribution >= 0.6 is 0 Å². The molecule has 78 valence electrons. The highest BCUT2D eigenvalue weighted by Gasteiger charge is 2.14. The maximum absolute atomic E-state index is 10.5. The van der Waals surface area contributed by atoms with Crippen LogP contribution in [0.5, 0.6) is 0 Å². The van der Waals surface area contributed by atoms with E-state index in [1.165, 1.54) is 0 Å². The van der Waals surface area contributed by atoms with E-state index >= 15 is 0 Å². The Morgan fingerprint density at radius 2 is 2.33 bits per heavy atom. The first kappa shape index (κ1) is 9.67. The summed E-state index contributed by atoms with van der Waals surface area (Å²) >= 11 is 0. The molecule has 0 aromatic heterocycles. The van der Waals surface area contributed by atoms with Crippen molar-refractivity contribution < 1.29 is 15.1 Å². The van der Waals surface area contributed by atoms with Gasteiger partial charge in [0.25, 0.3) is 0 Å². The van der Waals surface area contributed by atoms with Gasteiger partial charge in [0.2, 0.25) is 0 Å². The fourth-order valence-corrected chi connectivity index (χ4v) is 1.58. The molecule has 1 aromatic carbocycles. The molecule has 0 bridgehead atoms. The maximum atomic E-state index is 10.5. The summed E-state index contributed by atoms with van der Waals surface area (Å²) in [6, 6.07) is 5.33. The van der Waals surface area contributed by atoms with Gasteiger partial charge in [-0.05, 0) is 17.2 Å². The molecule has 1 aromatic rings. The summed E-state index contributed by atoms with van der Waals surface area (Å²) < 4.78 is 0. The van der Waals surface area contributed by atoms with Crippen LogP contribution in [-0.2, 0) is 17.6 Å². The Labute approximate surface area is 86.0 Å². The summed E-state index contributed by atoms with van der Waals surface area (Å²) in [5.41, 5.74) is 4.43. The Morgan fingerprint density at radius 1 is 1.53 bits per heavy atom. The van der Waals surface area contributed by atoms with Crippen molar-refractivity contribution in [3.63, 3.8) is 0 Å². The van der Waals surface area contributed by atoms with E-state index in [1.54, 1.807) is 12.1 Å². The van der Waals surface area contributed by atoms with Crippen LogP contribution in [-0.4, -0.2) is 22.1 Å². The van der Waals surface area contributed by atoms with Crippen molar-refractivity contribution in [3.8, 4) is 0 Å². The van der Waals surface area contributed by atoms with Crippen LogP contribution in [0.25, 0.3) is 0 Å². The van der Waals surface area contributed by atoms with Gasteiger partial charge in [-0.1, -0.05) is 12.1 Å². The van der Waals surface area contributed by atoms with E-state index < -0.39 is 5.97 Å². The van der Waals surface area contributed by atoms with Gasteiger partial charge in [-0.3, -0.25) is 15.5 Å². The molecular weight excluding hydrogens is 196 g/mol. The van der Waals surface area contributed by atoms with Gasteiger partial charge in [0.15, 0.2) is 0 Å². The van der Waals surface area contributed by atoms with E-state index in [2.05, 4.69) is 4.99 Å². The van der Waals surface area contributed by atoms with Crippen molar-refractivity contribution in [2.45, 2.75) is 12.8 Å². The van der Waals surface area contributed by atoms with Crippen LogP contribution in [0.3, 0.4) is 0 Å². The molecule has 2 rings (SSSR count). The topological polar surface area (TPSA) is 81.9 Å². The van der Waals surface area contributed by atoms with Crippen LogP contribution < -0.4 is 5.48 Å². The summed E-state index contributed by atoms with van der Waals surface area (Å²) in [5, 5.41) is 17.3. The lowest BCUT2D eigenvalue weighted by Crippen LogP contribution is -2.18. The summed E-state index contributed by atoms with van der Waals surface area (Å²) in [6.07, 6.45) is 0.546. The molecule has 1 aliphatic rings. The summed E-state index contributed by atoms with van der Waals surface area (Å²) in [6.45, 7) is 0. The summed E-state index contributed by atoms with van der Waals surface area (Å²) in [4.78, 5) is 14.6. The average Bonchev–Trinajstić information content (AvgIpc) is 2.58. The number of benzene rings is 1. The lowest BCUT2D eigenvalue weighted by molar-refractivity contribution is -0.136. The third-order valence-corrected chi connectivity index (χ3v) is 2.25. The molecule has 0 fully saturated rings. The van der Waals surface area contributed by atoms with Crippen LogP contribution in [0, 0.1) is 0 Å². The molecule has 5 nitrogen and oxygen atoms in total. The monoisotopic (exact) mass is 206 g/mol. The second-order valence-electron chi connectivity index (χ2n) is 3.38. The van der Waals surface area contributed by atoms with Crippen LogP contribution in [0.4, 0.5) is 5.69 Å². The van der Waals surface area contributed by atoms with Crippen molar-refractivity contribution >= 4 is 17.5 Å². The smallest absolute Gasteiger partial charge is 0.307 e. The number of aliphatic imine (C=N–C) groups is 1. The van der Waals surface area contributed by atoms with Gasteiger partial charge >= 0.3 is 5.97 Å². The number of carboxylic acid groups (broad SMARTS) is 1. The maximum Gasteiger partial charge on any atom is 0.307 e. The zero-order valence-corrected chi connectivity index (χ0v) is 7.90. The number of nitrogens with one attached hydrogen (secondary N) is 1. The quantitative estimate of drug-likeness (QED) is 0.627. The van der Waals surface area contributed by atoms with E-state index in [9.17, 15) is 4.79 Å². The first-order chi connectivity index (χ1) is 7.19. The zero-order valence-electron chi connectivity index (χ0n) is 7.90. The molecule has 0 unspecified atom stereocenters. The standard InChI is InChI=1S/C10H10N2O3/c13-10(14)4-6-1-2-7-5-9(12-15)11-8(7)3-6/h1-3,15H,4-5H2,(H,11,12)(H,13,14). The fourth-order valence-electron chi connectivity index (χ4n) is 1.58. The van der Waals surface area contributed by atoms with E-state index in [0.29, 0.717) is 17.8 Å². The van der Waals surface area contributed by atoms with Crippen molar-refractivity contribution in [1.82, 2.24) is 5.48 Å².